The van der Waals surface area contributed by atoms with Crippen LogP contribution in [-0.2, 0) is 56.1 Å². The molecule has 7 N–H and O–H groups in total. The molecule has 3 aliphatic heterocycles. The van der Waals surface area contributed by atoms with Crippen molar-refractivity contribution in [2.24, 2.45) is 0 Å². The molecule has 1 fully saturated rings. The van der Waals surface area contributed by atoms with E-state index in [1.165, 1.54) is 11.8 Å². The molecular weight excluding hydrogens is 899 g/mol. The Balaban J connectivity index is 1.35. The van der Waals surface area contributed by atoms with Gasteiger partial charge >= 0.3 is 23.9 Å². The third-order valence-corrected chi connectivity index (χ3v) is 12.2. The summed E-state index contributed by atoms with van der Waals surface area (Å²) in [5.41, 5.74) is 1.72. The molecule has 6 amide bonds. The first-order valence-corrected chi connectivity index (χ1v) is 23.4. The molecule has 0 saturated carbocycles. The van der Waals surface area contributed by atoms with Gasteiger partial charge in [0.15, 0.2) is 0 Å². The monoisotopic (exact) mass is 959 g/mol. The van der Waals surface area contributed by atoms with Crippen LogP contribution in [0, 0.1) is 0 Å². The van der Waals surface area contributed by atoms with Gasteiger partial charge in [-0.3, -0.25) is 67.7 Å². The number of benzene rings is 1. The predicted octanol–water partition coefficient (Wildman–Crippen LogP) is -2.32. The molecule has 0 bridgehead atoms. The normalized spacial score (nSPS) is 17.7. The molecule has 24 heteroatoms. The van der Waals surface area contributed by atoms with E-state index in [4.69, 9.17) is 0 Å². The molecule has 3 heterocycles. The predicted molar refractivity (Wildman–Crippen MR) is 241 cm³/mol. The van der Waals surface area contributed by atoms with Crippen LogP contribution in [0.4, 0.5) is 0 Å². The van der Waals surface area contributed by atoms with Crippen molar-refractivity contribution in [3.8, 4) is 0 Å². The number of carboxylic acids is 4. The number of carbonyl (C=O) groups excluding carboxylic acids is 6. The number of amides is 6. The highest BCUT2D eigenvalue weighted by atomic mass is 32.2. The van der Waals surface area contributed by atoms with Gasteiger partial charge in [-0.2, -0.15) is 11.8 Å². The van der Waals surface area contributed by atoms with Crippen LogP contribution in [0.2, 0.25) is 0 Å². The van der Waals surface area contributed by atoms with Crippen molar-refractivity contribution in [2.45, 2.75) is 50.7 Å². The van der Waals surface area contributed by atoms with Crippen molar-refractivity contribution in [2.75, 3.05) is 110 Å². The molecule has 23 nitrogen and oxygen atoms in total. The SMILES string of the molecule is CSCC[C@H](NC(=O)c1cccc2c1CCN(C(=O)CN1CCN(CC(=O)O)CCN(CC(=O)O)CCN(CC(=O)O)CC1)C2)C(=O)NCC(=O)N[C@@H](CCCCN1C(=O)C=CC1=O)C(=O)O. The maximum absolute atomic E-state index is 13.9. The molecule has 4 rings (SSSR count). The molecule has 368 valence electrons. The third kappa shape index (κ3) is 18.0. The van der Waals surface area contributed by atoms with Crippen LogP contribution in [0.5, 0.6) is 0 Å². The number of imide groups is 1. The number of hydrogen-bond acceptors (Lipinski definition) is 15. The van der Waals surface area contributed by atoms with Crippen molar-refractivity contribution in [3.05, 3.63) is 47.0 Å². The summed E-state index contributed by atoms with van der Waals surface area (Å²) in [4.78, 5) is 134. The van der Waals surface area contributed by atoms with Crippen molar-refractivity contribution < 1.29 is 68.4 Å². The van der Waals surface area contributed by atoms with E-state index in [1.807, 2.05) is 11.2 Å². The second-order valence-electron chi connectivity index (χ2n) is 16.4. The number of fused-ring (bicyclic) bond motifs is 1. The molecule has 0 spiro atoms. The maximum atomic E-state index is 13.9. The van der Waals surface area contributed by atoms with Gasteiger partial charge in [0, 0.05) is 89.7 Å². The quantitative estimate of drug-likeness (QED) is 0.0447. The van der Waals surface area contributed by atoms with E-state index in [2.05, 4.69) is 16.0 Å². The Labute approximate surface area is 391 Å². The topological polar surface area (TPSA) is 307 Å². The number of rotatable bonds is 23. The first kappa shape index (κ1) is 53.7. The molecule has 0 unspecified atom stereocenters. The van der Waals surface area contributed by atoms with Crippen LogP contribution in [-0.4, -0.2) is 231 Å². The standard InChI is InChI=1S/C43H61N9O14S/c1-67-22-11-32(42(64)44-23-34(53)45-33(43(65)66)7-2-3-12-52-35(54)8-9-36(52)55)46-41(63)31-6-4-5-29-24-51(13-10-30(29)31)37(56)25-47-14-16-48(26-38(57)58)18-20-50(28-40(61)62)21-19-49(17-15-47)27-39(59)60/h4-6,8-9,32-33H,2-3,7,10-28H2,1H3,(H,44,64)(H,45,53)(H,46,63)(H,57,58)(H,59,60)(H,61,62)(H,65,66)/t32-,33-/m0/s1. The van der Waals surface area contributed by atoms with Crippen LogP contribution < -0.4 is 16.0 Å². The van der Waals surface area contributed by atoms with Gasteiger partial charge in [0.1, 0.15) is 12.1 Å². The molecule has 2 atom stereocenters. The summed E-state index contributed by atoms with van der Waals surface area (Å²) < 4.78 is 0. The lowest BCUT2D eigenvalue weighted by molar-refractivity contribution is -0.142. The Bertz CT molecular complexity index is 1970. The molecule has 0 radical (unpaired) electrons. The number of aliphatic carboxylic acids is 4. The summed E-state index contributed by atoms with van der Waals surface area (Å²) in [6.07, 6.45) is 5.29. The number of nitrogens with one attached hydrogen (secondary N) is 3. The molecule has 1 aromatic rings. The fourth-order valence-electron chi connectivity index (χ4n) is 7.91. The lowest BCUT2D eigenvalue weighted by atomic mass is 9.93. The van der Waals surface area contributed by atoms with E-state index >= 15 is 0 Å². The zero-order valence-electron chi connectivity index (χ0n) is 37.6. The van der Waals surface area contributed by atoms with Crippen LogP contribution in [0.25, 0.3) is 0 Å². The Kier molecular flexibility index (Phi) is 21.6. The summed E-state index contributed by atoms with van der Waals surface area (Å²) >= 11 is 1.44. The van der Waals surface area contributed by atoms with Crippen LogP contribution in [0.15, 0.2) is 30.4 Å². The second kappa shape index (κ2) is 27.0. The summed E-state index contributed by atoms with van der Waals surface area (Å²) in [7, 11) is 0. The summed E-state index contributed by atoms with van der Waals surface area (Å²) in [5.74, 6) is -7.07. The Hall–Kier alpha value is -5.95. The maximum Gasteiger partial charge on any atom is 0.326 e. The van der Waals surface area contributed by atoms with Gasteiger partial charge in [0.05, 0.1) is 32.7 Å². The number of unbranched alkanes of at least 4 members (excludes halogenated alkanes) is 1. The van der Waals surface area contributed by atoms with Crippen molar-refractivity contribution in [1.82, 2.24) is 45.3 Å². The van der Waals surface area contributed by atoms with Crippen molar-refractivity contribution in [3.63, 3.8) is 0 Å². The molecule has 0 aromatic heterocycles. The van der Waals surface area contributed by atoms with Gasteiger partial charge in [-0.05, 0) is 61.3 Å². The van der Waals surface area contributed by atoms with Gasteiger partial charge in [-0.15, -0.1) is 0 Å². The smallest absolute Gasteiger partial charge is 0.326 e. The van der Waals surface area contributed by atoms with E-state index in [9.17, 15) is 68.4 Å². The average molecular weight is 960 g/mol. The summed E-state index contributed by atoms with van der Waals surface area (Å²) in [6.45, 7) is 1.09. The molecule has 1 aromatic carbocycles. The molecule has 67 heavy (non-hydrogen) atoms. The number of hydrogen-bond donors (Lipinski definition) is 7. The Morgan fingerprint density at radius 3 is 1.72 bits per heavy atom. The largest absolute Gasteiger partial charge is 0.480 e. The Morgan fingerprint density at radius 2 is 1.21 bits per heavy atom. The lowest BCUT2D eigenvalue weighted by Gasteiger charge is -2.35. The number of carbonyl (C=O) groups is 10. The fraction of sp³-hybridized carbons (Fsp3) is 0.581. The lowest BCUT2D eigenvalue weighted by Crippen LogP contribution is -2.51. The Morgan fingerprint density at radius 1 is 0.672 bits per heavy atom. The summed E-state index contributed by atoms with van der Waals surface area (Å²) in [6, 6.07) is 2.76. The average Bonchev–Trinajstić information content (AvgIpc) is 3.60. The van der Waals surface area contributed by atoms with Gasteiger partial charge < -0.3 is 41.3 Å². The molecule has 0 aliphatic carbocycles. The van der Waals surface area contributed by atoms with Crippen molar-refractivity contribution >= 4 is 71.1 Å². The molecule has 3 aliphatic rings. The summed E-state index contributed by atoms with van der Waals surface area (Å²) in [5, 5.41) is 45.8. The van der Waals surface area contributed by atoms with Crippen molar-refractivity contribution in [1.29, 1.82) is 0 Å². The molecule has 1 saturated heterocycles. The van der Waals surface area contributed by atoms with Gasteiger partial charge in [-0.1, -0.05) is 12.1 Å². The zero-order valence-corrected chi connectivity index (χ0v) is 38.4. The van der Waals surface area contributed by atoms with Gasteiger partial charge in [-0.25, -0.2) is 4.79 Å². The highest BCUT2D eigenvalue weighted by Crippen LogP contribution is 2.23. The van der Waals surface area contributed by atoms with Gasteiger partial charge in [0.2, 0.25) is 17.7 Å². The van der Waals surface area contributed by atoms with Crippen LogP contribution in [0.1, 0.15) is 47.2 Å². The van der Waals surface area contributed by atoms with Crippen LogP contribution >= 0.6 is 11.8 Å². The second-order valence-corrected chi connectivity index (χ2v) is 17.4. The minimum atomic E-state index is -1.30. The first-order valence-electron chi connectivity index (χ1n) is 22.0. The molecular formula is C43H61N9O14S. The van der Waals surface area contributed by atoms with Crippen LogP contribution in [0.3, 0.4) is 0 Å². The fourth-order valence-corrected chi connectivity index (χ4v) is 8.39. The number of thioether (sulfide) groups is 1. The van der Waals surface area contributed by atoms with E-state index in [1.54, 1.807) is 37.8 Å². The zero-order chi connectivity index (χ0) is 49.0. The first-order chi connectivity index (χ1) is 31.9. The minimum absolute atomic E-state index is 0.0139. The highest BCUT2D eigenvalue weighted by molar-refractivity contribution is 7.98. The number of nitrogens with zero attached hydrogens (tertiary/aromatic N) is 6. The minimum Gasteiger partial charge on any atom is -0.480 e. The number of carboxylic acid groups (broad SMARTS) is 4. The van der Waals surface area contributed by atoms with E-state index in [0.29, 0.717) is 29.7 Å². The third-order valence-electron chi connectivity index (χ3n) is 11.5. The van der Waals surface area contributed by atoms with Gasteiger partial charge in [0.25, 0.3) is 17.7 Å². The van der Waals surface area contributed by atoms with E-state index in [-0.39, 0.29) is 123 Å². The highest BCUT2D eigenvalue weighted by Gasteiger charge is 2.30. The van der Waals surface area contributed by atoms with E-state index in [0.717, 1.165) is 22.6 Å². The van der Waals surface area contributed by atoms with E-state index < -0.39 is 72.0 Å².